The number of hydrogen-bond donors (Lipinski definition) is 2. The molecule has 0 radical (unpaired) electrons. The molecule has 1 heterocycles. The van der Waals surface area contributed by atoms with Crippen LogP contribution in [0.15, 0.2) is 54.6 Å². The molecule has 4 nitrogen and oxygen atoms in total. The number of carbonyl (C=O) groups is 1. The summed E-state index contributed by atoms with van der Waals surface area (Å²) in [5.41, 5.74) is 2.25. The van der Waals surface area contributed by atoms with Crippen LogP contribution < -0.4 is 15.5 Å². The first-order chi connectivity index (χ1) is 12.2. The van der Waals surface area contributed by atoms with Gasteiger partial charge < -0.3 is 15.5 Å². The van der Waals surface area contributed by atoms with E-state index in [-0.39, 0.29) is 11.8 Å². The summed E-state index contributed by atoms with van der Waals surface area (Å²) in [6.07, 6.45) is 1.86. The number of anilines is 1. The summed E-state index contributed by atoms with van der Waals surface area (Å²) in [5.74, 6) is 0.207. The van der Waals surface area contributed by atoms with Crippen LogP contribution in [0.3, 0.4) is 0 Å². The number of urea groups is 1. The fraction of sp³-hybridized carbons (Fsp3) is 0.350. The van der Waals surface area contributed by atoms with Gasteiger partial charge in [-0.1, -0.05) is 30.3 Å². The Labute approximate surface area is 148 Å². The lowest BCUT2D eigenvalue weighted by atomic mass is 10.1. The Morgan fingerprint density at radius 3 is 2.60 bits per heavy atom. The van der Waals surface area contributed by atoms with Gasteiger partial charge in [-0.3, -0.25) is 0 Å². The number of benzene rings is 2. The van der Waals surface area contributed by atoms with Crippen molar-refractivity contribution in [3.63, 3.8) is 0 Å². The van der Waals surface area contributed by atoms with Crippen molar-refractivity contribution in [2.75, 3.05) is 31.1 Å². The van der Waals surface area contributed by atoms with E-state index in [0.29, 0.717) is 19.0 Å². The zero-order chi connectivity index (χ0) is 17.5. The fourth-order valence-electron chi connectivity index (χ4n) is 3.15. The van der Waals surface area contributed by atoms with Gasteiger partial charge in [0.1, 0.15) is 5.82 Å². The topological polar surface area (TPSA) is 44.4 Å². The second-order valence-electron chi connectivity index (χ2n) is 6.45. The van der Waals surface area contributed by atoms with Gasteiger partial charge in [-0.2, -0.15) is 0 Å². The molecule has 0 aliphatic carbocycles. The van der Waals surface area contributed by atoms with E-state index < -0.39 is 0 Å². The molecule has 0 saturated carbocycles. The Morgan fingerprint density at radius 2 is 1.84 bits per heavy atom. The van der Waals surface area contributed by atoms with Gasteiger partial charge >= 0.3 is 6.03 Å². The van der Waals surface area contributed by atoms with E-state index in [9.17, 15) is 9.18 Å². The maximum atomic E-state index is 13.0. The number of halogens is 1. The monoisotopic (exact) mass is 341 g/mol. The van der Waals surface area contributed by atoms with E-state index >= 15 is 0 Å². The molecule has 1 saturated heterocycles. The summed E-state index contributed by atoms with van der Waals surface area (Å²) in [6.45, 7) is 3.11. The standard InChI is InChI=1S/C20H24FN3O/c21-18-6-8-19(9-7-18)24-13-11-17(15-24)14-23-20(25)22-12-10-16-4-2-1-3-5-16/h1-9,17H,10-15H2,(H2,22,23,25)/t17-/m0/s1. The van der Waals surface area contributed by atoms with Crippen LogP contribution in [0.2, 0.25) is 0 Å². The summed E-state index contributed by atoms with van der Waals surface area (Å²) in [7, 11) is 0. The van der Waals surface area contributed by atoms with Crippen LogP contribution in [-0.4, -0.2) is 32.2 Å². The molecule has 2 N–H and O–H groups in total. The van der Waals surface area contributed by atoms with E-state index in [2.05, 4.69) is 27.7 Å². The zero-order valence-corrected chi connectivity index (χ0v) is 14.2. The number of carbonyl (C=O) groups excluding carboxylic acids is 1. The van der Waals surface area contributed by atoms with Gasteiger partial charge in [-0.05, 0) is 48.6 Å². The van der Waals surface area contributed by atoms with Crippen LogP contribution in [0.1, 0.15) is 12.0 Å². The summed E-state index contributed by atoms with van der Waals surface area (Å²) < 4.78 is 13.0. The van der Waals surface area contributed by atoms with Crippen LogP contribution in [0.25, 0.3) is 0 Å². The lowest BCUT2D eigenvalue weighted by Gasteiger charge is -2.19. The first-order valence-corrected chi connectivity index (χ1v) is 8.77. The Kier molecular flexibility index (Phi) is 5.88. The third kappa shape index (κ3) is 5.21. The molecule has 25 heavy (non-hydrogen) atoms. The average Bonchev–Trinajstić information content (AvgIpc) is 3.10. The van der Waals surface area contributed by atoms with Gasteiger partial charge in [-0.25, -0.2) is 9.18 Å². The number of nitrogens with zero attached hydrogens (tertiary/aromatic N) is 1. The second kappa shape index (κ2) is 8.51. The van der Waals surface area contributed by atoms with Crippen molar-refractivity contribution in [2.45, 2.75) is 12.8 Å². The molecular formula is C20H24FN3O. The minimum Gasteiger partial charge on any atom is -0.371 e. The Hall–Kier alpha value is -2.56. The van der Waals surface area contributed by atoms with Crippen molar-refractivity contribution >= 4 is 11.7 Å². The number of amides is 2. The maximum absolute atomic E-state index is 13.0. The summed E-state index contributed by atoms with van der Waals surface area (Å²) >= 11 is 0. The first kappa shape index (κ1) is 17.3. The Morgan fingerprint density at radius 1 is 1.08 bits per heavy atom. The van der Waals surface area contributed by atoms with Gasteiger partial charge in [-0.15, -0.1) is 0 Å². The molecule has 0 bridgehead atoms. The quantitative estimate of drug-likeness (QED) is 0.847. The van der Waals surface area contributed by atoms with Crippen molar-refractivity contribution in [1.29, 1.82) is 0 Å². The van der Waals surface area contributed by atoms with Crippen molar-refractivity contribution in [3.8, 4) is 0 Å². The summed E-state index contributed by atoms with van der Waals surface area (Å²) in [4.78, 5) is 14.1. The average molecular weight is 341 g/mol. The van der Waals surface area contributed by atoms with Crippen molar-refractivity contribution in [1.82, 2.24) is 10.6 Å². The van der Waals surface area contributed by atoms with E-state index in [0.717, 1.165) is 31.6 Å². The van der Waals surface area contributed by atoms with Gasteiger partial charge in [0, 0.05) is 31.9 Å². The molecule has 132 valence electrons. The van der Waals surface area contributed by atoms with Crippen LogP contribution >= 0.6 is 0 Å². The first-order valence-electron chi connectivity index (χ1n) is 8.77. The van der Waals surface area contributed by atoms with Gasteiger partial charge in [0.05, 0.1) is 0 Å². The van der Waals surface area contributed by atoms with Crippen LogP contribution in [0.5, 0.6) is 0 Å². The minimum atomic E-state index is -0.215. The third-order valence-electron chi connectivity index (χ3n) is 4.57. The normalized spacial score (nSPS) is 16.7. The molecule has 1 aliphatic heterocycles. The van der Waals surface area contributed by atoms with Crippen molar-refractivity contribution < 1.29 is 9.18 Å². The maximum Gasteiger partial charge on any atom is 0.314 e. The molecule has 2 aromatic carbocycles. The van der Waals surface area contributed by atoms with E-state index in [4.69, 9.17) is 0 Å². The highest BCUT2D eigenvalue weighted by Crippen LogP contribution is 2.23. The van der Waals surface area contributed by atoms with Gasteiger partial charge in [0.15, 0.2) is 0 Å². The molecule has 0 spiro atoms. The molecule has 3 rings (SSSR count). The van der Waals surface area contributed by atoms with E-state index in [1.54, 1.807) is 12.1 Å². The predicted molar refractivity (Wildman–Crippen MR) is 98.3 cm³/mol. The van der Waals surface area contributed by atoms with Gasteiger partial charge in [0.25, 0.3) is 0 Å². The highest BCUT2D eigenvalue weighted by molar-refractivity contribution is 5.73. The summed E-state index contributed by atoms with van der Waals surface area (Å²) in [6, 6.07) is 16.6. The molecule has 1 aliphatic rings. The molecule has 2 aromatic rings. The van der Waals surface area contributed by atoms with Crippen LogP contribution in [-0.2, 0) is 6.42 Å². The SMILES string of the molecule is O=C(NCCc1ccccc1)NC[C@@H]1CCN(c2ccc(F)cc2)C1. The predicted octanol–water partition coefficient (Wildman–Crippen LogP) is 3.19. The number of nitrogens with one attached hydrogen (secondary N) is 2. The number of hydrogen-bond acceptors (Lipinski definition) is 2. The lowest BCUT2D eigenvalue weighted by molar-refractivity contribution is 0.239. The molecule has 1 fully saturated rings. The second-order valence-corrected chi connectivity index (χ2v) is 6.45. The molecule has 5 heteroatoms. The van der Waals surface area contributed by atoms with Crippen LogP contribution in [0.4, 0.5) is 14.9 Å². The zero-order valence-electron chi connectivity index (χ0n) is 14.2. The molecule has 1 atom stereocenters. The largest absolute Gasteiger partial charge is 0.371 e. The minimum absolute atomic E-state index is 0.115. The smallest absolute Gasteiger partial charge is 0.314 e. The number of rotatable bonds is 6. The molecular weight excluding hydrogens is 317 g/mol. The van der Waals surface area contributed by atoms with Crippen LogP contribution in [0, 0.1) is 11.7 Å². The molecule has 2 amide bonds. The van der Waals surface area contributed by atoms with Gasteiger partial charge in [0.2, 0.25) is 0 Å². The third-order valence-corrected chi connectivity index (χ3v) is 4.57. The Bertz CT molecular complexity index is 675. The van der Waals surface area contributed by atoms with E-state index in [1.165, 1.54) is 17.7 Å². The highest BCUT2D eigenvalue weighted by atomic mass is 19.1. The highest BCUT2D eigenvalue weighted by Gasteiger charge is 2.23. The van der Waals surface area contributed by atoms with Crippen molar-refractivity contribution in [2.24, 2.45) is 5.92 Å². The fourth-order valence-corrected chi connectivity index (χ4v) is 3.15. The van der Waals surface area contributed by atoms with Crippen molar-refractivity contribution in [3.05, 3.63) is 66.0 Å². The van der Waals surface area contributed by atoms with E-state index in [1.807, 2.05) is 18.2 Å². The summed E-state index contributed by atoms with van der Waals surface area (Å²) in [5, 5.41) is 5.85. The Balaban J connectivity index is 1.34. The lowest BCUT2D eigenvalue weighted by Crippen LogP contribution is -2.39. The molecule has 0 unspecified atom stereocenters. The molecule has 0 aromatic heterocycles.